The van der Waals surface area contributed by atoms with E-state index in [4.69, 9.17) is 9.72 Å². The van der Waals surface area contributed by atoms with E-state index in [1.165, 1.54) is 10.9 Å². The molecular formula is C25H30ClN3O2. The number of hydrogen-bond donors (Lipinski definition) is 2. The highest BCUT2D eigenvalue weighted by Crippen LogP contribution is 2.25. The van der Waals surface area contributed by atoms with Crippen molar-refractivity contribution in [3.05, 3.63) is 65.7 Å². The van der Waals surface area contributed by atoms with Crippen molar-refractivity contribution in [1.29, 1.82) is 0 Å². The van der Waals surface area contributed by atoms with Crippen molar-refractivity contribution in [3.63, 3.8) is 0 Å². The van der Waals surface area contributed by atoms with E-state index in [1.807, 2.05) is 43.3 Å². The van der Waals surface area contributed by atoms with E-state index in [-0.39, 0.29) is 31.0 Å². The van der Waals surface area contributed by atoms with Gasteiger partial charge in [-0.3, -0.25) is 4.79 Å². The molecule has 31 heavy (non-hydrogen) atoms. The van der Waals surface area contributed by atoms with Crippen molar-refractivity contribution < 1.29 is 9.53 Å². The number of carbonyl (C=O) groups excluding carboxylic acids is 1. The van der Waals surface area contributed by atoms with Gasteiger partial charge in [0, 0.05) is 17.5 Å². The van der Waals surface area contributed by atoms with Gasteiger partial charge >= 0.3 is 0 Å². The van der Waals surface area contributed by atoms with Gasteiger partial charge in [-0.25, -0.2) is 4.98 Å². The molecule has 2 aromatic carbocycles. The Morgan fingerprint density at radius 1 is 1.00 bits per heavy atom. The van der Waals surface area contributed by atoms with Crippen LogP contribution in [0, 0.1) is 13.8 Å². The molecule has 0 saturated heterocycles. The molecule has 6 heteroatoms. The highest BCUT2D eigenvalue weighted by Gasteiger charge is 2.23. The molecule has 164 valence electrons. The molecule has 5 nitrogen and oxygen atoms in total. The summed E-state index contributed by atoms with van der Waals surface area (Å²) < 4.78 is 5.60. The molecule has 0 bridgehead atoms. The number of halogens is 1. The van der Waals surface area contributed by atoms with Crippen LogP contribution in [-0.2, 0) is 4.79 Å². The van der Waals surface area contributed by atoms with Crippen molar-refractivity contribution in [1.82, 2.24) is 10.3 Å². The molecule has 4 rings (SSSR count). The molecule has 2 N–H and O–H groups in total. The Bertz CT molecular complexity index is 1030. The fourth-order valence-electron chi connectivity index (χ4n) is 4.14. The molecule has 1 aliphatic rings. The fraction of sp³-hybridized carbons (Fsp3) is 0.360. The van der Waals surface area contributed by atoms with Crippen molar-refractivity contribution in [2.45, 2.75) is 51.6 Å². The summed E-state index contributed by atoms with van der Waals surface area (Å²) in [4.78, 5) is 17.0. The van der Waals surface area contributed by atoms with Crippen molar-refractivity contribution in [3.8, 4) is 5.75 Å². The van der Waals surface area contributed by atoms with E-state index < -0.39 is 0 Å². The number of ether oxygens (including phenoxy) is 1. The first-order valence-corrected chi connectivity index (χ1v) is 10.7. The Morgan fingerprint density at radius 3 is 2.52 bits per heavy atom. The Kier molecular flexibility index (Phi) is 7.75. The first-order valence-electron chi connectivity index (χ1n) is 10.7. The smallest absolute Gasteiger partial charge is 0.258 e. The van der Waals surface area contributed by atoms with Crippen LogP contribution in [0.15, 0.2) is 54.6 Å². The number of aromatic nitrogens is 1. The number of nitrogens with zero attached hydrogens (tertiary/aromatic N) is 1. The molecule has 1 aliphatic carbocycles. The first kappa shape index (κ1) is 22.9. The average Bonchev–Trinajstić information content (AvgIpc) is 2.74. The maximum atomic E-state index is 12.2. The van der Waals surface area contributed by atoms with Crippen LogP contribution in [0.4, 0.5) is 5.82 Å². The van der Waals surface area contributed by atoms with Crippen LogP contribution in [0.3, 0.4) is 0 Å². The number of amides is 1. The van der Waals surface area contributed by atoms with E-state index in [9.17, 15) is 4.79 Å². The van der Waals surface area contributed by atoms with Crippen molar-refractivity contribution in [2.75, 3.05) is 11.9 Å². The Labute approximate surface area is 190 Å². The number of carbonyl (C=O) groups is 1. The van der Waals surface area contributed by atoms with Crippen molar-refractivity contribution in [2.24, 2.45) is 0 Å². The van der Waals surface area contributed by atoms with E-state index in [1.54, 1.807) is 0 Å². The highest BCUT2D eigenvalue weighted by molar-refractivity contribution is 5.85. The van der Waals surface area contributed by atoms with E-state index in [0.717, 1.165) is 48.3 Å². The summed E-state index contributed by atoms with van der Waals surface area (Å²) in [6.07, 6.45) is 3.94. The van der Waals surface area contributed by atoms with Gasteiger partial charge in [-0.1, -0.05) is 30.3 Å². The molecule has 0 atom stereocenters. The minimum absolute atomic E-state index is 0. The van der Waals surface area contributed by atoms with Gasteiger partial charge in [-0.15, -0.1) is 12.4 Å². The first-order chi connectivity index (χ1) is 14.6. The number of para-hydroxylation sites is 1. The summed E-state index contributed by atoms with van der Waals surface area (Å²) >= 11 is 0. The number of pyridine rings is 1. The van der Waals surface area contributed by atoms with Gasteiger partial charge in [0.05, 0.1) is 5.52 Å². The van der Waals surface area contributed by atoms with Crippen LogP contribution in [-0.4, -0.2) is 29.6 Å². The lowest BCUT2D eigenvalue weighted by Gasteiger charge is -2.30. The topological polar surface area (TPSA) is 63.2 Å². The van der Waals surface area contributed by atoms with Gasteiger partial charge in [0.1, 0.15) is 11.6 Å². The maximum Gasteiger partial charge on any atom is 0.258 e. The zero-order chi connectivity index (χ0) is 20.9. The van der Waals surface area contributed by atoms with Crippen LogP contribution in [0.25, 0.3) is 10.9 Å². The average molecular weight is 440 g/mol. The standard InChI is InChI=1S/C25H29N3O2.ClH/c1-17-6-5-7-21(14-17)30-16-25(29)27-20-12-10-19(11-13-20)26-24-15-18(2)22-8-3-4-9-23(22)28-24;/h3-9,14-15,19-20H,10-13,16H2,1-2H3,(H,26,28)(H,27,29);1H/t19-,20+;. The number of rotatable bonds is 6. The minimum Gasteiger partial charge on any atom is -0.484 e. The van der Waals surface area contributed by atoms with Gasteiger partial charge < -0.3 is 15.4 Å². The summed E-state index contributed by atoms with van der Waals surface area (Å²) in [6, 6.07) is 18.7. The molecule has 1 fully saturated rings. The largest absolute Gasteiger partial charge is 0.484 e. The number of fused-ring (bicyclic) bond motifs is 1. The quantitative estimate of drug-likeness (QED) is 0.554. The number of benzene rings is 2. The fourth-order valence-corrected chi connectivity index (χ4v) is 4.14. The number of anilines is 1. The predicted molar refractivity (Wildman–Crippen MR) is 128 cm³/mol. The molecule has 1 saturated carbocycles. The summed E-state index contributed by atoms with van der Waals surface area (Å²) in [5.41, 5.74) is 3.38. The Balaban J connectivity index is 0.00000272. The molecule has 0 aliphatic heterocycles. The Morgan fingerprint density at radius 2 is 1.74 bits per heavy atom. The summed E-state index contributed by atoms with van der Waals surface area (Å²) in [7, 11) is 0. The SMILES string of the molecule is Cc1cccc(OCC(=O)N[C@H]2CC[C@@H](Nc3cc(C)c4ccccc4n3)CC2)c1.Cl. The van der Waals surface area contributed by atoms with E-state index >= 15 is 0 Å². The minimum atomic E-state index is -0.0558. The highest BCUT2D eigenvalue weighted by atomic mass is 35.5. The van der Waals surface area contributed by atoms with Crippen molar-refractivity contribution >= 4 is 35.0 Å². The molecule has 0 spiro atoms. The van der Waals surface area contributed by atoms with Crippen LogP contribution in [0.5, 0.6) is 5.75 Å². The van der Waals surface area contributed by atoms with Gasteiger partial charge in [-0.2, -0.15) is 0 Å². The monoisotopic (exact) mass is 439 g/mol. The lowest BCUT2D eigenvalue weighted by atomic mass is 9.91. The molecular weight excluding hydrogens is 410 g/mol. The molecule has 1 aromatic heterocycles. The van der Waals surface area contributed by atoms with Crippen LogP contribution < -0.4 is 15.4 Å². The van der Waals surface area contributed by atoms with Crippen LogP contribution in [0.1, 0.15) is 36.8 Å². The summed E-state index contributed by atoms with van der Waals surface area (Å²) in [5, 5.41) is 7.90. The number of aryl methyl sites for hydroxylation is 2. The third-order valence-electron chi connectivity index (χ3n) is 5.73. The second-order valence-electron chi connectivity index (χ2n) is 8.21. The molecule has 1 amide bonds. The number of nitrogens with one attached hydrogen (secondary N) is 2. The van der Waals surface area contributed by atoms with E-state index in [2.05, 4.69) is 35.8 Å². The van der Waals surface area contributed by atoms with Gasteiger partial charge in [-0.05, 0) is 74.9 Å². The molecule has 0 unspecified atom stereocenters. The van der Waals surface area contributed by atoms with E-state index in [0.29, 0.717) is 6.04 Å². The lowest BCUT2D eigenvalue weighted by molar-refractivity contribution is -0.124. The van der Waals surface area contributed by atoms with Crippen LogP contribution in [0.2, 0.25) is 0 Å². The molecule has 1 heterocycles. The molecule has 3 aromatic rings. The number of hydrogen-bond acceptors (Lipinski definition) is 4. The third kappa shape index (κ3) is 6.11. The Hall–Kier alpha value is -2.79. The maximum absolute atomic E-state index is 12.2. The van der Waals surface area contributed by atoms with Crippen LogP contribution >= 0.6 is 12.4 Å². The normalized spacial score (nSPS) is 18.1. The third-order valence-corrected chi connectivity index (χ3v) is 5.73. The summed E-state index contributed by atoms with van der Waals surface area (Å²) in [6.45, 7) is 4.19. The second kappa shape index (κ2) is 10.5. The zero-order valence-corrected chi connectivity index (χ0v) is 18.9. The molecule has 0 radical (unpaired) electrons. The van der Waals surface area contributed by atoms with Gasteiger partial charge in [0.15, 0.2) is 6.61 Å². The zero-order valence-electron chi connectivity index (χ0n) is 18.1. The van der Waals surface area contributed by atoms with Gasteiger partial charge in [0.2, 0.25) is 0 Å². The lowest BCUT2D eigenvalue weighted by Crippen LogP contribution is -2.42. The predicted octanol–water partition coefficient (Wildman–Crippen LogP) is 5.19. The second-order valence-corrected chi connectivity index (χ2v) is 8.21. The summed E-state index contributed by atoms with van der Waals surface area (Å²) in [5.74, 6) is 1.61. The van der Waals surface area contributed by atoms with Gasteiger partial charge in [0.25, 0.3) is 5.91 Å².